The highest BCUT2D eigenvalue weighted by molar-refractivity contribution is 5.75. The monoisotopic (exact) mass is 238 g/mol. The average Bonchev–Trinajstić information content (AvgIpc) is 2.23. The first-order valence-electron chi connectivity index (χ1n) is 5.59. The number of carbonyl (C=O) groups is 1. The van der Waals surface area contributed by atoms with E-state index in [-0.39, 0.29) is 23.8 Å². The molecule has 0 unspecified atom stereocenters. The molecule has 6 nitrogen and oxygen atoms in total. The molecule has 94 valence electrons. The van der Waals surface area contributed by atoms with Crippen LogP contribution in [0, 0.1) is 5.92 Å². The van der Waals surface area contributed by atoms with Gasteiger partial charge in [-0.1, -0.05) is 13.8 Å². The van der Waals surface area contributed by atoms with E-state index < -0.39 is 0 Å². The molecule has 17 heavy (non-hydrogen) atoms. The maximum absolute atomic E-state index is 11.5. The highest BCUT2D eigenvalue weighted by Gasteiger charge is 2.05. The minimum Gasteiger partial charge on any atom is -0.382 e. The number of hydrogen-bond donors (Lipinski definition) is 2. The van der Waals surface area contributed by atoms with E-state index >= 15 is 0 Å². The van der Waals surface area contributed by atoms with Crippen LogP contribution in [-0.2, 0) is 11.3 Å². The van der Waals surface area contributed by atoms with Crippen molar-refractivity contribution in [1.82, 2.24) is 15.1 Å². The van der Waals surface area contributed by atoms with Crippen molar-refractivity contribution in [2.24, 2.45) is 5.92 Å². The summed E-state index contributed by atoms with van der Waals surface area (Å²) in [5, 5.41) is 6.51. The molecule has 0 aliphatic carbocycles. The molecule has 0 fully saturated rings. The van der Waals surface area contributed by atoms with Crippen molar-refractivity contribution in [2.45, 2.75) is 26.8 Å². The van der Waals surface area contributed by atoms with Crippen molar-refractivity contribution in [3.63, 3.8) is 0 Å². The molecule has 6 heteroatoms. The molecule has 1 amide bonds. The van der Waals surface area contributed by atoms with Crippen LogP contribution in [0.2, 0.25) is 0 Å². The number of anilines is 1. The molecule has 0 aliphatic rings. The van der Waals surface area contributed by atoms with Gasteiger partial charge in [-0.3, -0.25) is 9.59 Å². The van der Waals surface area contributed by atoms with Crippen LogP contribution in [0.3, 0.4) is 0 Å². The summed E-state index contributed by atoms with van der Waals surface area (Å²) in [4.78, 5) is 22.9. The Bertz CT molecular complexity index is 439. The van der Waals surface area contributed by atoms with Crippen molar-refractivity contribution in [2.75, 3.05) is 12.3 Å². The second-order valence-electron chi connectivity index (χ2n) is 4.29. The first-order valence-corrected chi connectivity index (χ1v) is 5.59. The van der Waals surface area contributed by atoms with Gasteiger partial charge in [0.15, 0.2) is 0 Å². The van der Waals surface area contributed by atoms with Crippen LogP contribution in [0.15, 0.2) is 16.9 Å². The van der Waals surface area contributed by atoms with E-state index in [1.807, 2.05) is 0 Å². The topological polar surface area (TPSA) is 90.0 Å². The second-order valence-corrected chi connectivity index (χ2v) is 4.29. The molecule has 0 atom stereocenters. The fourth-order valence-electron chi connectivity index (χ4n) is 1.27. The summed E-state index contributed by atoms with van der Waals surface area (Å²) < 4.78 is 1.06. The molecule has 1 aromatic heterocycles. The molecule has 0 aliphatic heterocycles. The van der Waals surface area contributed by atoms with Crippen LogP contribution in [0.1, 0.15) is 20.3 Å². The lowest BCUT2D eigenvalue weighted by Crippen LogP contribution is -2.34. The summed E-state index contributed by atoms with van der Waals surface area (Å²) in [5.41, 5.74) is 5.11. The zero-order valence-electron chi connectivity index (χ0n) is 10.1. The van der Waals surface area contributed by atoms with Crippen LogP contribution in [0.4, 0.5) is 5.82 Å². The molecule has 0 saturated heterocycles. The fourth-order valence-corrected chi connectivity index (χ4v) is 1.27. The first-order chi connectivity index (χ1) is 7.99. The Balaban J connectivity index is 2.50. The van der Waals surface area contributed by atoms with Gasteiger partial charge >= 0.3 is 0 Å². The SMILES string of the molecule is CC(C)CCNC(=O)Cn1nc(N)ccc1=O. The zero-order valence-corrected chi connectivity index (χ0v) is 10.1. The fraction of sp³-hybridized carbons (Fsp3) is 0.545. The molecule has 1 heterocycles. The minimum absolute atomic E-state index is 0.0953. The summed E-state index contributed by atoms with van der Waals surface area (Å²) in [6.45, 7) is 4.67. The van der Waals surface area contributed by atoms with Crippen molar-refractivity contribution >= 4 is 11.7 Å². The van der Waals surface area contributed by atoms with Gasteiger partial charge in [-0.15, -0.1) is 0 Å². The van der Waals surface area contributed by atoms with E-state index in [0.717, 1.165) is 11.1 Å². The Labute approximate surface area is 99.8 Å². The molecular formula is C11H18N4O2. The zero-order chi connectivity index (χ0) is 12.8. The van der Waals surface area contributed by atoms with Crippen LogP contribution < -0.4 is 16.6 Å². The Kier molecular flexibility index (Phi) is 4.68. The molecule has 1 aromatic rings. The predicted molar refractivity (Wildman–Crippen MR) is 65.4 cm³/mol. The van der Waals surface area contributed by atoms with E-state index in [2.05, 4.69) is 24.3 Å². The van der Waals surface area contributed by atoms with E-state index in [9.17, 15) is 9.59 Å². The number of nitrogens with zero attached hydrogens (tertiary/aromatic N) is 2. The Morgan fingerprint density at radius 1 is 1.53 bits per heavy atom. The van der Waals surface area contributed by atoms with Gasteiger partial charge in [-0.2, -0.15) is 5.10 Å². The lowest BCUT2D eigenvalue weighted by atomic mass is 10.1. The third kappa shape index (κ3) is 4.67. The smallest absolute Gasteiger partial charge is 0.267 e. The number of hydrogen-bond acceptors (Lipinski definition) is 4. The minimum atomic E-state index is -0.335. The number of rotatable bonds is 5. The van der Waals surface area contributed by atoms with Gasteiger partial charge in [0.2, 0.25) is 5.91 Å². The Morgan fingerprint density at radius 2 is 2.24 bits per heavy atom. The van der Waals surface area contributed by atoms with Crippen molar-refractivity contribution in [1.29, 1.82) is 0 Å². The van der Waals surface area contributed by atoms with Crippen molar-refractivity contribution in [3.8, 4) is 0 Å². The highest BCUT2D eigenvalue weighted by Crippen LogP contribution is 1.96. The van der Waals surface area contributed by atoms with Crippen LogP contribution in [0.25, 0.3) is 0 Å². The number of aromatic nitrogens is 2. The summed E-state index contributed by atoms with van der Waals surface area (Å²) in [5.74, 6) is 0.522. The van der Waals surface area contributed by atoms with Gasteiger partial charge < -0.3 is 11.1 Å². The predicted octanol–water partition coefficient (Wildman–Crippen LogP) is -0.0122. The number of nitrogens with one attached hydrogen (secondary N) is 1. The van der Waals surface area contributed by atoms with Crippen LogP contribution in [0.5, 0.6) is 0 Å². The summed E-state index contributed by atoms with van der Waals surface area (Å²) >= 11 is 0. The lowest BCUT2D eigenvalue weighted by Gasteiger charge is -2.08. The maximum atomic E-state index is 11.5. The van der Waals surface area contributed by atoms with E-state index in [1.165, 1.54) is 12.1 Å². The average molecular weight is 238 g/mol. The Hall–Kier alpha value is -1.85. The van der Waals surface area contributed by atoms with Gasteiger partial charge in [-0.25, -0.2) is 4.68 Å². The quantitative estimate of drug-likeness (QED) is 0.754. The van der Waals surface area contributed by atoms with Crippen LogP contribution in [-0.4, -0.2) is 22.2 Å². The summed E-state index contributed by atoms with van der Waals surface area (Å²) in [6, 6.07) is 2.71. The number of amides is 1. The standard InChI is InChI=1S/C11H18N4O2/c1-8(2)5-6-13-10(16)7-15-11(17)4-3-9(12)14-15/h3-4,8H,5-7H2,1-2H3,(H2,12,14)(H,13,16). The second kappa shape index (κ2) is 6.03. The normalized spacial score (nSPS) is 10.5. The van der Waals surface area contributed by atoms with E-state index in [1.54, 1.807) is 0 Å². The molecule has 1 rings (SSSR count). The molecular weight excluding hydrogens is 220 g/mol. The van der Waals surface area contributed by atoms with Gasteiger partial charge in [-0.05, 0) is 18.4 Å². The Morgan fingerprint density at radius 3 is 2.88 bits per heavy atom. The van der Waals surface area contributed by atoms with Crippen molar-refractivity contribution in [3.05, 3.63) is 22.5 Å². The molecule has 3 N–H and O–H groups in total. The third-order valence-electron chi connectivity index (χ3n) is 2.22. The molecule has 0 aromatic carbocycles. The largest absolute Gasteiger partial charge is 0.382 e. The van der Waals surface area contributed by atoms with Gasteiger partial charge in [0, 0.05) is 12.6 Å². The molecule has 0 spiro atoms. The van der Waals surface area contributed by atoms with Gasteiger partial charge in [0.05, 0.1) is 0 Å². The first kappa shape index (κ1) is 13.2. The summed E-state index contributed by atoms with van der Waals surface area (Å²) in [6.07, 6.45) is 0.908. The summed E-state index contributed by atoms with van der Waals surface area (Å²) in [7, 11) is 0. The lowest BCUT2D eigenvalue weighted by molar-refractivity contribution is -0.121. The number of carbonyl (C=O) groups excluding carboxylic acids is 1. The molecule has 0 radical (unpaired) electrons. The highest BCUT2D eigenvalue weighted by atomic mass is 16.2. The molecule has 0 bridgehead atoms. The van der Waals surface area contributed by atoms with Crippen molar-refractivity contribution < 1.29 is 4.79 Å². The van der Waals surface area contributed by atoms with Crippen LogP contribution >= 0.6 is 0 Å². The van der Waals surface area contributed by atoms with Gasteiger partial charge in [0.1, 0.15) is 12.4 Å². The number of nitrogen functional groups attached to an aromatic ring is 1. The number of nitrogens with two attached hydrogens (primary N) is 1. The third-order valence-corrected chi connectivity index (χ3v) is 2.22. The maximum Gasteiger partial charge on any atom is 0.267 e. The van der Waals surface area contributed by atoms with E-state index in [0.29, 0.717) is 12.5 Å². The molecule has 0 saturated carbocycles. The van der Waals surface area contributed by atoms with Gasteiger partial charge in [0.25, 0.3) is 5.56 Å². The van der Waals surface area contributed by atoms with E-state index in [4.69, 9.17) is 5.73 Å².